The molecule has 3 rings (SSSR count). The topological polar surface area (TPSA) is 66.9 Å². The molecule has 0 unspecified atom stereocenters. The molecule has 0 radical (unpaired) electrons. The lowest BCUT2D eigenvalue weighted by Crippen LogP contribution is -2.04. The highest BCUT2D eigenvalue weighted by Gasteiger charge is 2.14. The Morgan fingerprint density at radius 1 is 1.21 bits per heavy atom. The first kappa shape index (κ1) is 16.9. The van der Waals surface area contributed by atoms with Crippen molar-refractivity contribution < 1.29 is 4.79 Å². The van der Waals surface area contributed by atoms with Gasteiger partial charge in [-0.15, -0.1) is 11.3 Å². The molecular weight excluding hydrogens is 364 g/mol. The van der Waals surface area contributed by atoms with Crippen LogP contribution >= 0.6 is 34.3 Å². The fourth-order valence-corrected chi connectivity index (χ4v) is 4.07. The molecule has 0 fully saturated rings. The van der Waals surface area contributed by atoms with Crippen LogP contribution in [0.3, 0.4) is 0 Å². The first-order valence-corrected chi connectivity index (χ1v) is 9.24. The van der Waals surface area contributed by atoms with E-state index in [1.54, 1.807) is 0 Å². The molecular formula is C16H15ClN4OS2. The maximum atomic E-state index is 11.2. The van der Waals surface area contributed by atoms with Crippen LogP contribution in [0.15, 0.2) is 23.6 Å². The lowest BCUT2D eigenvalue weighted by Gasteiger charge is -2.07. The second kappa shape index (κ2) is 6.88. The number of nitrogens with zero attached hydrogens (tertiary/aromatic N) is 2. The number of rotatable bonds is 4. The minimum Gasteiger partial charge on any atom is -0.331 e. The summed E-state index contributed by atoms with van der Waals surface area (Å²) in [5, 5.41) is 10.1. The molecule has 0 bridgehead atoms. The molecule has 0 saturated heterocycles. The van der Waals surface area contributed by atoms with Crippen molar-refractivity contribution in [1.82, 2.24) is 9.97 Å². The van der Waals surface area contributed by atoms with Crippen molar-refractivity contribution in [2.75, 3.05) is 10.6 Å². The van der Waals surface area contributed by atoms with Crippen molar-refractivity contribution in [3.8, 4) is 10.6 Å². The van der Waals surface area contributed by atoms with Crippen molar-refractivity contribution in [2.24, 2.45) is 0 Å². The largest absolute Gasteiger partial charge is 0.331 e. The third kappa shape index (κ3) is 3.58. The first-order valence-electron chi connectivity index (χ1n) is 7.17. The molecule has 1 aromatic carbocycles. The number of benzene rings is 1. The van der Waals surface area contributed by atoms with Gasteiger partial charge < -0.3 is 10.6 Å². The Morgan fingerprint density at radius 3 is 2.75 bits per heavy atom. The summed E-state index contributed by atoms with van der Waals surface area (Å²) in [6.07, 6.45) is 0. The zero-order chi connectivity index (χ0) is 17.3. The van der Waals surface area contributed by atoms with Crippen LogP contribution in [0.2, 0.25) is 5.02 Å². The van der Waals surface area contributed by atoms with Crippen LogP contribution in [0.5, 0.6) is 0 Å². The molecule has 2 aromatic heterocycles. The van der Waals surface area contributed by atoms with Gasteiger partial charge in [-0.05, 0) is 31.5 Å². The number of thiazole rings is 2. The third-order valence-electron chi connectivity index (χ3n) is 3.33. The van der Waals surface area contributed by atoms with Gasteiger partial charge in [-0.1, -0.05) is 29.0 Å². The molecule has 124 valence electrons. The Morgan fingerprint density at radius 2 is 2.00 bits per heavy atom. The number of anilines is 3. The predicted octanol–water partition coefficient (Wildman–Crippen LogP) is 5.24. The highest BCUT2D eigenvalue weighted by Crippen LogP contribution is 2.35. The van der Waals surface area contributed by atoms with E-state index in [0.717, 1.165) is 37.7 Å². The Kier molecular flexibility index (Phi) is 4.84. The number of amides is 1. The monoisotopic (exact) mass is 378 g/mol. The van der Waals surface area contributed by atoms with E-state index in [1.807, 2.05) is 37.4 Å². The van der Waals surface area contributed by atoms with Gasteiger partial charge in [-0.2, -0.15) is 0 Å². The average molecular weight is 379 g/mol. The molecule has 0 aliphatic rings. The van der Waals surface area contributed by atoms with Gasteiger partial charge in [-0.25, -0.2) is 9.97 Å². The lowest BCUT2D eigenvalue weighted by molar-refractivity contribution is -0.114. The maximum Gasteiger partial charge on any atom is 0.223 e. The SMILES string of the molecule is CC(=O)Nc1nc(C)c(-c2csc(Nc3cccc(Cl)c3C)n2)s1. The van der Waals surface area contributed by atoms with Crippen molar-refractivity contribution >= 4 is 56.1 Å². The van der Waals surface area contributed by atoms with Gasteiger partial charge in [0, 0.05) is 23.0 Å². The molecule has 0 saturated carbocycles. The predicted molar refractivity (Wildman–Crippen MR) is 102 cm³/mol. The summed E-state index contributed by atoms with van der Waals surface area (Å²) in [6, 6.07) is 5.73. The second-order valence-electron chi connectivity index (χ2n) is 5.19. The molecule has 2 heterocycles. The normalized spacial score (nSPS) is 10.7. The van der Waals surface area contributed by atoms with Gasteiger partial charge in [0.2, 0.25) is 5.91 Å². The van der Waals surface area contributed by atoms with Gasteiger partial charge >= 0.3 is 0 Å². The van der Waals surface area contributed by atoms with Gasteiger partial charge in [0.1, 0.15) is 0 Å². The van der Waals surface area contributed by atoms with E-state index in [2.05, 4.69) is 20.6 Å². The Hall–Kier alpha value is -1.96. The van der Waals surface area contributed by atoms with Crippen LogP contribution in [-0.4, -0.2) is 15.9 Å². The molecule has 24 heavy (non-hydrogen) atoms. The zero-order valence-corrected chi connectivity index (χ0v) is 15.7. The summed E-state index contributed by atoms with van der Waals surface area (Å²) in [6.45, 7) is 5.34. The van der Waals surface area contributed by atoms with E-state index in [1.165, 1.54) is 29.6 Å². The smallest absolute Gasteiger partial charge is 0.223 e. The number of hydrogen-bond donors (Lipinski definition) is 2. The van der Waals surface area contributed by atoms with Crippen molar-refractivity contribution in [3.05, 3.63) is 39.9 Å². The molecule has 0 aliphatic carbocycles. The number of hydrogen-bond acceptors (Lipinski definition) is 6. The van der Waals surface area contributed by atoms with Crippen molar-refractivity contribution in [2.45, 2.75) is 20.8 Å². The summed E-state index contributed by atoms with van der Waals surface area (Å²) < 4.78 is 0. The Bertz CT molecular complexity index is 903. The van der Waals surface area contributed by atoms with Crippen LogP contribution in [0.25, 0.3) is 10.6 Å². The number of halogens is 1. The number of aryl methyl sites for hydroxylation is 1. The van der Waals surface area contributed by atoms with E-state index in [9.17, 15) is 4.79 Å². The van der Waals surface area contributed by atoms with E-state index < -0.39 is 0 Å². The zero-order valence-electron chi connectivity index (χ0n) is 13.3. The van der Waals surface area contributed by atoms with Crippen molar-refractivity contribution in [3.63, 3.8) is 0 Å². The molecule has 1 amide bonds. The molecule has 2 N–H and O–H groups in total. The van der Waals surface area contributed by atoms with Crippen LogP contribution in [-0.2, 0) is 4.79 Å². The molecule has 0 spiro atoms. The minimum absolute atomic E-state index is 0.132. The van der Waals surface area contributed by atoms with E-state index in [4.69, 9.17) is 11.6 Å². The van der Waals surface area contributed by atoms with Crippen LogP contribution < -0.4 is 10.6 Å². The standard InChI is InChI=1S/C16H15ClN4OS2/c1-8-11(17)5-4-6-12(8)20-15-21-13(7-23-15)14-9(2)18-16(24-14)19-10(3)22/h4-7H,1-3H3,(H,20,21)(H,18,19,22). The quantitative estimate of drug-likeness (QED) is 0.651. The maximum absolute atomic E-state index is 11.2. The fourth-order valence-electron chi connectivity index (χ4n) is 2.13. The second-order valence-corrected chi connectivity index (χ2v) is 7.45. The van der Waals surface area contributed by atoms with E-state index >= 15 is 0 Å². The van der Waals surface area contributed by atoms with Gasteiger partial charge in [0.15, 0.2) is 10.3 Å². The fraction of sp³-hybridized carbons (Fsp3) is 0.188. The molecule has 0 aliphatic heterocycles. The molecule has 3 aromatic rings. The summed E-state index contributed by atoms with van der Waals surface area (Å²) in [5.41, 5.74) is 3.61. The van der Waals surface area contributed by atoms with Gasteiger partial charge in [0.25, 0.3) is 0 Å². The van der Waals surface area contributed by atoms with Crippen molar-refractivity contribution in [1.29, 1.82) is 0 Å². The molecule has 8 heteroatoms. The van der Waals surface area contributed by atoms with Crippen LogP contribution in [0.4, 0.5) is 16.0 Å². The summed E-state index contributed by atoms with van der Waals surface area (Å²) >= 11 is 9.08. The highest BCUT2D eigenvalue weighted by molar-refractivity contribution is 7.20. The number of carbonyl (C=O) groups is 1. The highest BCUT2D eigenvalue weighted by atomic mass is 35.5. The molecule has 5 nitrogen and oxygen atoms in total. The number of aromatic nitrogens is 2. The Labute approximate surface area is 152 Å². The third-order valence-corrected chi connectivity index (χ3v) is 5.59. The molecule has 0 atom stereocenters. The number of carbonyl (C=O) groups excluding carboxylic acids is 1. The van der Waals surface area contributed by atoms with Crippen LogP contribution in [0.1, 0.15) is 18.2 Å². The lowest BCUT2D eigenvalue weighted by atomic mass is 10.2. The van der Waals surface area contributed by atoms with E-state index in [0.29, 0.717) is 5.13 Å². The van der Waals surface area contributed by atoms with Crippen LogP contribution in [0, 0.1) is 13.8 Å². The summed E-state index contributed by atoms with van der Waals surface area (Å²) in [5.74, 6) is -0.132. The Balaban J connectivity index is 1.84. The van der Waals surface area contributed by atoms with Gasteiger partial charge in [0.05, 0.1) is 16.3 Å². The number of nitrogens with one attached hydrogen (secondary N) is 2. The summed E-state index contributed by atoms with van der Waals surface area (Å²) in [7, 11) is 0. The minimum atomic E-state index is -0.132. The van der Waals surface area contributed by atoms with E-state index in [-0.39, 0.29) is 5.91 Å². The first-order chi connectivity index (χ1) is 11.4. The van der Waals surface area contributed by atoms with Gasteiger partial charge in [-0.3, -0.25) is 4.79 Å². The summed E-state index contributed by atoms with van der Waals surface area (Å²) in [4.78, 5) is 21.1. The average Bonchev–Trinajstić information content (AvgIpc) is 3.10.